The Morgan fingerprint density at radius 3 is 3.12 bits per heavy atom. The summed E-state index contributed by atoms with van der Waals surface area (Å²) in [6.45, 7) is 4.09. The molecule has 2 rings (SSSR count). The van der Waals surface area contributed by atoms with Gasteiger partial charge < -0.3 is 5.32 Å². The van der Waals surface area contributed by atoms with Crippen LogP contribution in [0.25, 0.3) is 0 Å². The van der Waals surface area contributed by atoms with Crippen LogP contribution in [0.3, 0.4) is 0 Å². The first kappa shape index (κ1) is 11.3. The fourth-order valence-electron chi connectivity index (χ4n) is 2.04. The molecule has 1 aromatic rings. The highest BCUT2D eigenvalue weighted by molar-refractivity contribution is 5.06. The standard InChI is InChI=1S/C12H20N4/c1-11(8-16-10-13-9-15-16)14-7-12-5-3-2-4-6-12/h5,9-11,14H,2-4,6-8H2,1H3. The Hall–Kier alpha value is -1.16. The molecule has 1 aromatic heterocycles. The Morgan fingerprint density at radius 2 is 2.44 bits per heavy atom. The number of rotatable bonds is 5. The highest BCUT2D eigenvalue weighted by atomic mass is 15.3. The van der Waals surface area contributed by atoms with Crippen LogP contribution in [0.1, 0.15) is 32.6 Å². The predicted octanol–water partition coefficient (Wildman–Crippen LogP) is 1.76. The fraction of sp³-hybridized carbons (Fsp3) is 0.667. The molecule has 0 bridgehead atoms. The quantitative estimate of drug-likeness (QED) is 0.769. The molecule has 88 valence electrons. The molecule has 1 aliphatic rings. The molecule has 1 aliphatic carbocycles. The van der Waals surface area contributed by atoms with E-state index in [0.717, 1.165) is 13.1 Å². The summed E-state index contributed by atoms with van der Waals surface area (Å²) in [6, 6.07) is 0.435. The fourth-order valence-corrected chi connectivity index (χ4v) is 2.04. The van der Waals surface area contributed by atoms with Gasteiger partial charge in [0, 0.05) is 12.6 Å². The molecule has 16 heavy (non-hydrogen) atoms. The van der Waals surface area contributed by atoms with Crippen molar-refractivity contribution in [1.82, 2.24) is 20.1 Å². The lowest BCUT2D eigenvalue weighted by atomic mass is 9.99. The summed E-state index contributed by atoms with van der Waals surface area (Å²) < 4.78 is 1.87. The van der Waals surface area contributed by atoms with Crippen molar-refractivity contribution in [3.63, 3.8) is 0 Å². The predicted molar refractivity (Wildman–Crippen MR) is 64.0 cm³/mol. The largest absolute Gasteiger partial charge is 0.309 e. The number of nitrogens with zero attached hydrogens (tertiary/aromatic N) is 3. The van der Waals surface area contributed by atoms with Gasteiger partial charge in [-0.1, -0.05) is 11.6 Å². The lowest BCUT2D eigenvalue weighted by Gasteiger charge is -2.17. The van der Waals surface area contributed by atoms with E-state index < -0.39 is 0 Å². The summed E-state index contributed by atoms with van der Waals surface area (Å²) in [4.78, 5) is 3.94. The molecule has 0 saturated carbocycles. The molecule has 0 saturated heterocycles. The van der Waals surface area contributed by atoms with Crippen molar-refractivity contribution in [2.45, 2.75) is 45.2 Å². The zero-order valence-electron chi connectivity index (χ0n) is 9.89. The molecule has 0 amide bonds. The summed E-state index contributed by atoms with van der Waals surface area (Å²) in [5.41, 5.74) is 1.57. The molecule has 0 spiro atoms. The highest BCUT2D eigenvalue weighted by Gasteiger charge is 2.06. The van der Waals surface area contributed by atoms with E-state index in [0.29, 0.717) is 6.04 Å². The summed E-state index contributed by atoms with van der Waals surface area (Å²) in [6.07, 6.45) is 11.0. The topological polar surface area (TPSA) is 42.7 Å². The first-order valence-corrected chi connectivity index (χ1v) is 6.08. The third-order valence-corrected chi connectivity index (χ3v) is 2.99. The number of hydrogen-bond donors (Lipinski definition) is 1. The van der Waals surface area contributed by atoms with Crippen molar-refractivity contribution in [2.75, 3.05) is 6.54 Å². The van der Waals surface area contributed by atoms with Gasteiger partial charge in [-0.3, -0.25) is 4.68 Å². The Kier molecular flexibility index (Phi) is 4.10. The van der Waals surface area contributed by atoms with Gasteiger partial charge in [0.15, 0.2) is 0 Å². The maximum Gasteiger partial charge on any atom is 0.137 e. The third kappa shape index (κ3) is 3.45. The van der Waals surface area contributed by atoms with Crippen LogP contribution >= 0.6 is 0 Å². The molecule has 0 aliphatic heterocycles. The van der Waals surface area contributed by atoms with Crippen molar-refractivity contribution in [3.8, 4) is 0 Å². The third-order valence-electron chi connectivity index (χ3n) is 2.99. The minimum atomic E-state index is 0.435. The summed E-state index contributed by atoms with van der Waals surface area (Å²) in [5, 5.41) is 7.64. The average Bonchev–Trinajstić information content (AvgIpc) is 2.81. The maximum atomic E-state index is 4.10. The van der Waals surface area contributed by atoms with Gasteiger partial charge in [-0.15, -0.1) is 0 Å². The van der Waals surface area contributed by atoms with E-state index in [4.69, 9.17) is 0 Å². The Morgan fingerprint density at radius 1 is 1.50 bits per heavy atom. The van der Waals surface area contributed by atoms with Gasteiger partial charge in [0.25, 0.3) is 0 Å². The SMILES string of the molecule is CC(Cn1cncn1)NCC1=CCCCC1. The molecule has 1 N–H and O–H groups in total. The number of aromatic nitrogens is 3. The molecule has 1 heterocycles. The molecular formula is C12H20N4. The van der Waals surface area contributed by atoms with E-state index in [9.17, 15) is 0 Å². The molecular weight excluding hydrogens is 200 g/mol. The van der Waals surface area contributed by atoms with Crippen molar-refractivity contribution >= 4 is 0 Å². The van der Waals surface area contributed by atoms with E-state index in [1.54, 1.807) is 18.2 Å². The molecule has 4 nitrogen and oxygen atoms in total. The molecule has 0 fully saturated rings. The normalized spacial score (nSPS) is 18.2. The van der Waals surface area contributed by atoms with Crippen molar-refractivity contribution in [3.05, 3.63) is 24.3 Å². The van der Waals surface area contributed by atoms with Gasteiger partial charge in [-0.2, -0.15) is 5.10 Å². The van der Waals surface area contributed by atoms with Crippen LogP contribution in [-0.2, 0) is 6.54 Å². The summed E-state index contributed by atoms with van der Waals surface area (Å²) >= 11 is 0. The van der Waals surface area contributed by atoms with Crippen LogP contribution in [-0.4, -0.2) is 27.4 Å². The number of hydrogen-bond acceptors (Lipinski definition) is 3. The van der Waals surface area contributed by atoms with Gasteiger partial charge in [-0.05, 0) is 32.6 Å². The Labute approximate surface area is 96.8 Å². The second-order valence-corrected chi connectivity index (χ2v) is 4.51. The number of nitrogens with one attached hydrogen (secondary N) is 1. The zero-order valence-corrected chi connectivity index (χ0v) is 9.89. The van der Waals surface area contributed by atoms with Crippen LogP contribution in [0.15, 0.2) is 24.3 Å². The van der Waals surface area contributed by atoms with Crippen LogP contribution in [0.2, 0.25) is 0 Å². The van der Waals surface area contributed by atoms with Crippen molar-refractivity contribution in [2.24, 2.45) is 0 Å². The van der Waals surface area contributed by atoms with Gasteiger partial charge >= 0.3 is 0 Å². The maximum absolute atomic E-state index is 4.10. The monoisotopic (exact) mass is 220 g/mol. The molecule has 0 aromatic carbocycles. The van der Waals surface area contributed by atoms with Crippen LogP contribution in [0.5, 0.6) is 0 Å². The van der Waals surface area contributed by atoms with Gasteiger partial charge in [-0.25, -0.2) is 4.98 Å². The summed E-state index contributed by atoms with van der Waals surface area (Å²) in [7, 11) is 0. The van der Waals surface area contributed by atoms with E-state index in [2.05, 4.69) is 28.4 Å². The van der Waals surface area contributed by atoms with E-state index in [1.165, 1.54) is 25.7 Å². The van der Waals surface area contributed by atoms with E-state index in [-0.39, 0.29) is 0 Å². The lowest BCUT2D eigenvalue weighted by Crippen LogP contribution is -2.32. The van der Waals surface area contributed by atoms with Crippen LogP contribution in [0.4, 0.5) is 0 Å². The van der Waals surface area contributed by atoms with Gasteiger partial charge in [0.05, 0.1) is 6.54 Å². The summed E-state index contributed by atoms with van der Waals surface area (Å²) in [5.74, 6) is 0. The van der Waals surface area contributed by atoms with Gasteiger partial charge in [0.2, 0.25) is 0 Å². The second kappa shape index (κ2) is 5.80. The van der Waals surface area contributed by atoms with E-state index >= 15 is 0 Å². The zero-order chi connectivity index (χ0) is 11.2. The number of allylic oxidation sites excluding steroid dienone is 1. The Bertz CT molecular complexity index is 329. The first-order chi connectivity index (χ1) is 7.84. The van der Waals surface area contributed by atoms with Crippen molar-refractivity contribution < 1.29 is 0 Å². The highest BCUT2D eigenvalue weighted by Crippen LogP contribution is 2.16. The Balaban J connectivity index is 1.71. The van der Waals surface area contributed by atoms with Gasteiger partial charge in [0.1, 0.15) is 12.7 Å². The molecule has 1 unspecified atom stereocenters. The minimum Gasteiger partial charge on any atom is -0.309 e. The van der Waals surface area contributed by atoms with Crippen LogP contribution < -0.4 is 5.32 Å². The average molecular weight is 220 g/mol. The van der Waals surface area contributed by atoms with E-state index in [1.807, 2.05) is 4.68 Å². The lowest BCUT2D eigenvalue weighted by molar-refractivity contribution is 0.459. The van der Waals surface area contributed by atoms with Crippen LogP contribution in [0, 0.1) is 0 Å². The van der Waals surface area contributed by atoms with Crippen molar-refractivity contribution in [1.29, 1.82) is 0 Å². The molecule has 0 radical (unpaired) electrons. The second-order valence-electron chi connectivity index (χ2n) is 4.51. The minimum absolute atomic E-state index is 0.435. The molecule has 4 heteroatoms. The first-order valence-electron chi connectivity index (χ1n) is 6.08. The smallest absolute Gasteiger partial charge is 0.137 e. The molecule has 1 atom stereocenters.